The summed E-state index contributed by atoms with van der Waals surface area (Å²) in [4.78, 5) is 0. The summed E-state index contributed by atoms with van der Waals surface area (Å²) >= 11 is 0. The maximum absolute atomic E-state index is 4.83. The van der Waals surface area contributed by atoms with Gasteiger partial charge in [0.15, 0.2) is 0 Å². The van der Waals surface area contributed by atoms with Gasteiger partial charge in [0.05, 0.1) is 11.4 Å². The summed E-state index contributed by atoms with van der Waals surface area (Å²) in [5.74, 6) is 1.28. The molecule has 0 amide bonds. The zero-order chi connectivity index (χ0) is 10.5. The smallest absolute Gasteiger partial charge is 0.124 e. The molecule has 2 aromatic heterocycles. The quantitative estimate of drug-likeness (QED) is 0.752. The Labute approximate surface area is 88.2 Å². The molecule has 2 aromatic rings. The second-order valence-corrected chi connectivity index (χ2v) is 3.33. The van der Waals surface area contributed by atoms with Gasteiger partial charge in [-0.3, -0.25) is 0 Å². The third-order valence-electron chi connectivity index (χ3n) is 2.40. The van der Waals surface area contributed by atoms with Crippen molar-refractivity contribution < 1.29 is 9.05 Å². The van der Waals surface area contributed by atoms with E-state index in [-0.39, 0.29) is 0 Å². The van der Waals surface area contributed by atoms with E-state index in [1.54, 1.807) is 12.5 Å². The van der Waals surface area contributed by atoms with E-state index in [0.717, 1.165) is 30.7 Å². The van der Waals surface area contributed by atoms with Gasteiger partial charge in [0.2, 0.25) is 0 Å². The molecule has 0 aliphatic carbocycles. The van der Waals surface area contributed by atoms with Crippen LogP contribution in [0.5, 0.6) is 0 Å². The van der Waals surface area contributed by atoms with E-state index in [2.05, 4.69) is 17.2 Å². The van der Waals surface area contributed by atoms with Crippen LogP contribution < -0.4 is 0 Å². The van der Waals surface area contributed by atoms with Crippen molar-refractivity contribution in [2.45, 2.75) is 26.2 Å². The molecular weight excluding hydrogens is 192 g/mol. The number of aryl methyl sites for hydroxylation is 1. The molecule has 0 atom stereocenters. The van der Waals surface area contributed by atoms with Crippen LogP contribution in [0.3, 0.4) is 0 Å². The molecule has 1 radical (unpaired) electrons. The first-order valence-corrected chi connectivity index (χ1v) is 5.05. The lowest BCUT2D eigenvalue weighted by atomic mass is 9.96. The maximum Gasteiger partial charge on any atom is 0.124 e. The van der Waals surface area contributed by atoms with Crippen LogP contribution in [-0.2, 0) is 6.42 Å². The van der Waals surface area contributed by atoms with Gasteiger partial charge >= 0.3 is 0 Å². The van der Waals surface area contributed by atoms with Crippen molar-refractivity contribution in [3.05, 3.63) is 42.0 Å². The Hall–Kier alpha value is -1.58. The molecule has 0 saturated carbocycles. The fourth-order valence-electron chi connectivity index (χ4n) is 1.53. The highest BCUT2D eigenvalue weighted by molar-refractivity contribution is 5.20. The molecule has 4 heteroatoms. The normalized spacial score (nSPS) is 11.1. The van der Waals surface area contributed by atoms with Crippen molar-refractivity contribution in [1.29, 1.82) is 0 Å². The molecule has 0 aromatic carbocycles. The highest BCUT2D eigenvalue weighted by Crippen LogP contribution is 2.21. The summed E-state index contributed by atoms with van der Waals surface area (Å²) in [6, 6.07) is 3.78. The first-order valence-electron chi connectivity index (χ1n) is 5.05. The van der Waals surface area contributed by atoms with Gasteiger partial charge in [-0.25, -0.2) is 0 Å². The molecule has 0 N–H and O–H groups in total. The van der Waals surface area contributed by atoms with E-state index in [9.17, 15) is 0 Å². The minimum Gasteiger partial charge on any atom is -0.365 e. The monoisotopic (exact) mass is 205 g/mol. The Bertz CT molecular complexity index is 367. The minimum atomic E-state index is 0.881. The highest BCUT2D eigenvalue weighted by Gasteiger charge is 2.13. The Morgan fingerprint density at radius 1 is 1.20 bits per heavy atom. The molecule has 0 bridgehead atoms. The van der Waals surface area contributed by atoms with Crippen LogP contribution in [0.2, 0.25) is 0 Å². The van der Waals surface area contributed by atoms with Gasteiger partial charge in [0.25, 0.3) is 0 Å². The van der Waals surface area contributed by atoms with Crippen LogP contribution in [0.25, 0.3) is 0 Å². The Kier molecular flexibility index (Phi) is 3.17. The van der Waals surface area contributed by atoms with Crippen molar-refractivity contribution >= 4 is 0 Å². The molecule has 0 aliphatic heterocycles. The van der Waals surface area contributed by atoms with Crippen molar-refractivity contribution in [2.24, 2.45) is 0 Å². The summed E-state index contributed by atoms with van der Waals surface area (Å²) in [6.07, 6.45) is 5.99. The van der Waals surface area contributed by atoms with E-state index < -0.39 is 0 Å². The highest BCUT2D eigenvalue weighted by atomic mass is 16.5. The molecule has 0 spiro atoms. The third kappa shape index (κ3) is 2.46. The van der Waals surface area contributed by atoms with Gasteiger partial charge in [-0.05, 0) is 19.3 Å². The molecule has 2 heterocycles. The van der Waals surface area contributed by atoms with E-state index in [1.807, 2.05) is 12.1 Å². The van der Waals surface area contributed by atoms with E-state index in [0.29, 0.717) is 0 Å². The predicted octanol–water partition coefficient (Wildman–Crippen LogP) is 2.63. The summed E-state index contributed by atoms with van der Waals surface area (Å²) in [5, 5.41) is 7.80. The van der Waals surface area contributed by atoms with Crippen LogP contribution in [-0.4, -0.2) is 10.3 Å². The summed E-state index contributed by atoms with van der Waals surface area (Å²) in [5.41, 5.74) is 1.92. The zero-order valence-corrected chi connectivity index (χ0v) is 8.64. The lowest BCUT2D eigenvalue weighted by Crippen LogP contribution is -2.01. The maximum atomic E-state index is 4.83. The topological polar surface area (TPSA) is 52.1 Å². The molecule has 79 valence electrons. The standard InChI is InChI=1S/C11H13N2O2/c1-2-9(11-6-8-15-13-11)3-4-10-5-7-14-12-10/h5-8H,2-4H2,1H3. The van der Waals surface area contributed by atoms with Crippen LogP contribution >= 0.6 is 0 Å². The minimum absolute atomic E-state index is 0.881. The third-order valence-corrected chi connectivity index (χ3v) is 2.40. The fourth-order valence-corrected chi connectivity index (χ4v) is 1.53. The molecule has 0 aliphatic rings. The molecule has 0 saturated heterocycles. The SMILES string of the molecule is CC[C](CCc1ccon1)c1ccon1. The van der Waals surface area contributed by atoms with Gasteiger partial charge in [0.1, 0.15) is 12.5 Å². The van der Waals surface area contributed by atoms with E-state index >= 15 is 0 Å². The summed E-state index contributed by atoms with van der Waals surface area (Å²) < 4.78 is 9.61. The number of hydrogen-bond donors (Lipinski definition) is 0. The molecule has 0 fully saturated rings. The fraction of sp³-hybridized carbons (Fsp3) is 0.364. The second kappa shape index (κ2) is 4.77. The van der Waals surface area contributed by atoms with Gasteiger partial charge in [-0.2, -0.15) is 0 Å². The van der Waals surface area contributed by atoms with E-state index in [1.165, 1.54) is 5.92 Å². The van der Waals surface area contributed by atoms with Gasteiger partial charge in [0, 0.05) is 18.1 Å². The van der Waals surface area contributed by atoms with Crippen LogP contribution in [0, 0.1) is 5.92 Å². The Morgan fingerprint density at radius 2 is 2.00 bits per heavy atom. The van der Waals surface area contributed by atoms with Gasteiger partial charge < -0.3 is 9.05 Å². The van der Waals surface area contributed by atoms with Gasteiger partial charge in [-0.15, -0.1) is 0 Å². The summed E-state index contributed by atoms with van der Waals surface area (Å²) in [7, 11) is 0. The van der Waals surface area contributed by atoms with E-state index in [4.69, 9.17) is 9.05 Å². The zero-order valence-electron chi connectivity index (χ0n) is 8.64. The first-order chi connectivity index (χ1) is 7.40. The first kappa shape index (κ1) is 9.96. The second-order valence-electron chi connectivity index (χ2n) is 3.33. The van der Waals surface area contributed by atoms with Crippen molar-refractivity contribution in [3.8, 4) is 0 Å². The van der Waals surface area contributed by atoms with Crippen molar-refractivity contribution in [1.82, 2.24) is 10.3 Å². The lowest BCUT2D eigenvalue weighted by molar-refractivity contribution is 0.408. The van der Waals surface area contributed by atoms with Crippen LogP contribution in [0.4, 0.5) is 0 Å². The largest absolute Gasteiger partial charge is 0.365 e. The average molecular weight is 205 g/mol. The predicted molar refractivity (Wildman–Crippen MR) is 54.0 cm³/mol. The Morgan fingerprint density at radius 3 is 2.60 bits per heavy atom. The molecule has 0 unspecified atom stereocenters. The number of rotatable bonds is 5. The number of hydrogen-bond acceptors (Lipinski definition) is 4. The van der Waals surface area contributed by atoms with Crippen molar-refractivity contribution in [3.63, 3.8) is 0 Å². The van der Waals surface area contributed by atoms with Crippen LogP contribution in [0.15, 0.2) is 33.7 Å². The number of nitrogens with zero attached hydrogens (tertiary/aromatic N) is 2. The molecule has 15 heavy (non-hydrogen) atoms. The summed E-state index contributed by atoms with van der Waals surface area (Å²) in [6.45, 7) is 2.12. The lowest BCUT2D eigenvalue weighted by Gasteiger charge is -2.08. The van der Waals surface area contributed by atoms with Crippen LogP contribution in [0.1, 0.15) is 31.2 Å². The molecular formula is C11H13N2O2. The molecule has 2 rings (SSSR count). The average Bonchev–Trinajstić information content (AvgIpc) is 2.90. The van der Waals surface area contributed by atoms with Crippen molar-refractivity contribution in [2.75, 3.05) is 0 Å². The molecule has 4 nitrogen and oxygen atoms in total. The van der Waals surface area contributed by atoms with Gasteiger partial charge in [-0.1, -0.05) is 17.2 Å². The Balaban J connectivity index is 1.92. The number of aromatic nitrogens is 2.